The third-order valence-corrected chi connectivity index (χ3v) is 3.10. The summed E-state index contributed by atoms with van der Waals surface area (Å²) in [5.74, 6) is 0. The molecule has 3 aromatic rings. The first-order chi connectivity index (χ1) is 9.22. The topological polar surface area (TPSA) is 84.5 Å². The number of fused-ring (bicyclic) bond motifs is 1. The smallest absolute Gasteiger partial charge is 0.0672 e. The Bertz CT molecular complexity index is 696. The Balaban J connectivity index is 1.69. The van der Waals surface area contributed by atoms with Gasteiger partial charge < -0.3 is 11.1 Å². The number of rotatable bonds is 4. The predicted molar refractivity (Wildman–Crippen MR) is 75.9 cm³/mol. The van der Waals surface area contributed by atoms with Crippen molar-refractivity contribution in [1.29, 1.82) is 0 Å². The number of nitrogen functional groups attached to an aromatic ring is 1. The van der Waals surface area contributed by atoms with Crippen molar-refractivity contribution in [1.82, 2.24) is 20.0 Å². The summed E-state index contributed by atoms with van der Waals surface area (Å²) < 4.78 is 1.81. The van der Waals surface area contributed by atoms with Gasteiger partial charge in [-0.3, -0.25) is 9.78 Å². The molecule has 0 bridgehead atoms. The zero-order valence-electron chi connectivity index (χ0n) is 10.7. The van der Waals surface area contributed by atoms with E-state index in [-0.39, 0.29) is 0 Å². The van der Waals surface area contributed by atoms with Crippen molar-refractivity contribution in [2.24, 2.45) is 7.05 Å². The minimum Gasteiger partial charge on any atom is -0.397 e. The van der Waals surface area contributed by atoms with E-state index in [9.17, 15) is 0 Å². The maximum absolute atomic E-state index is 6.01. The van der Waals surface area contributed by atoms with Gasteiger partial charge in [-0.15, -0.1) is 0 Å². The van der Waals surface area contributed by atoms with Crippen LogP contribution >= 0.6 is 0 Å². The molecule has 0 aliphatic rings. The molecule has 0 fully saturated rings. The number of benzene rings is 1. The largest absolute Gasteiger partial charge is 0.397 e. The van der Waals surface area contributed by atoms with Crippen molar-refractivity contribution in [3.8, 4) is 0 Å². The number of H-pyrrole nitrogens is 1. The van der Waals surface area contributed by atoms with E-state index in [0.717, 1.165) is 35.2 Å². The number of aromatic amines is 1. The Kier molecular flexibility index (Phi) is 2.83. The van der Waals surface area contributed by atoms with Crippen LogP contribution in [0.25, 0.3) is 10.9 Å². The number of hydrogen-bond donors (Lipinski definition) is 3. The Hall–Kier alpha value is -2.50. The number of aryl methyl sites for hydroxylation is 1. The molecule has 6 nitrogen and oxygen atoms in total. The lowest BCUT2D eigenvalue weighted by atomic mass is 10.2. The predicted octanol–water partition coefficient (Wildman–Crippen LogP) is 1.53. The maximum atomic E-state index is 6.01. The Morgan fingerprint density at radius 1 is 1.37 bits per heavy atom. The van der Waals surface area contributed by atoms with E-state index in [2.05, 4.69) is 20.6 Å². The fourth-order valence-corrected chi connectivity index (χ4v) is 2.10. The molecule has 1 aromatic carbocycles. The summed E-state index contributed by atoms with van der Waals surface area (Å²) in [4.78, 5) is 0. The number of nitrogens with two attached hydrogens (primary N) is 1. The Morgan fingerprint density at radius 3 is 3.05 bits per heavy atom. The van der Waals surface area contributed by atoms with Gasteiger partial charge in [-0.05, 0) is 24.1 Å². The lowest BCUT2D eigenvalue weighted by molar-refractivity contribution is 0.767. The van der Waals surface area contributed by atoms with E-state index in [1.165, 1.54) is 5.56 Å². The molecule has 0 atom stereocenters. The second-order valence-corrected chi connectivity index (χ2v) is 4.60. The van der Waals surface area contributed by atoms with Crippen LogP contribution in [0, 0.1) is 0 Å². The van der Waals surface area contributed by atoms with Gasteiger partial charge in [0.15, 0.2) is 0 Å². The molecule has 0 radical (unpaired) electrons. The average Bonchev–Trinajstić information content (AvgIpc) is 2.98. The van der Waals surface area contributed by atoms with Gasteiger partial charge in [-0.1, -0.05) is 0 Å². The Labute approximate surface area is 110 Å². The molecule has 0 unspecified atom stereocenters. The third kappa shape index (κ3) is 2.37. The van der Waals surface area contributed by atoms with E-state index in [1.807, 2.05) is 31.6 Å². The van der Waals surface area contributed by atoms with Crippen molar-refractivity contribution in [3.05, 3.63) is 36.3 Å². The van der Waals surface area contributed by atoms with E-state index >= 15 is 0 Å². The van der Waals surface area contributed by atoms with E-state index in [0.29, 0.717) is 0 Å². The molecule has 0 saturated heterocycles. The second-order valence-electron chi connectivity index (χ2n) is 4.60. The van der Waals surface area contributed by atoms with Gasteiger partial charge in [0.2, 0.25) is 0 Å². The highest BCUT2D eigenvalue weighted by molar-refractivity contribution is 5.88. The normalized spacial score (nSPS) is 11.0. The van der Waals surface area contributed by atoms with Crippen LogP contribution in [0.5, 0.6) is 0 Å². The lowest BCUT2D eigenvalue weighted by Crippen LogP contribution is -2.06. The summed E-state index contributed by atoms with van der Waals surface area (Å²) in [5, 5.41) is 15.4. The van der Waals surface area contributed by atoms with Crippen molar-refractivity contribution >= 4 is 22.3 Å². The summed E-state index contributed by atoms with van der Waals surface area (Å²) in [5.41, 5.74) is 9.87. The monoisotopic (exact) mass is 256 g/mol. The second kappa shape index (κ2) is 4.64. The molecule has 0 saturated carbocycles. The summed E-state index contributed by atoms with van der Waals surface area (Å²) >= 11 is 0. The van der Waals surface area contributed by atoms with Crippen molar-refractivity contribution < 1.29 is 0 Å². The molecule has 6 heteroatoms. The van der Waals surface area contributed by atoms with Gasteiger partial charge in [-0.2, -0.15) is 10.2 Å². The zero-order valence-corrected chi connectivity index (χ0v) is 10.7. The average molecular weight is 256 g/mol. The molecule has 19 heavy (non-hydrogen) atoms. The number of anilines is 2. The first-order valence-electron chi connectivity index (χ1n) is 6.16. The molecular weight excluding hydrogens is 240 g/mol. The van der Waals surface area contributed by atoms with Gasteiger partial charge in [0.1, 0.15) is 0 Å². The van der Waals surface area contributed by atoms with Crippen LogP contribution in [0.4, 0.5) is 11.4 Å². The molecule has 4 N–H and O–H groups in total. The van der Waals surface area contributed by atoms with Crippen LogP contribution in [0.1, 0.15) is 5.56 Å². The van der Waals surface area contributed by atoms with Crippen LogP contribution < -0.4 is 11.1 Å². The molecular formula is C13H16N6. The fraction of sp³-hybridized carbons (Fsp3) is 0.231. The number of nitrogens with zero attached hydrogens (tertiary/aromatic N) is 3. The Morgan fingerprint density at radius 2 is 2.26 bits per heavy atom. The van der Waals surface area contributed by atoms with Gasteiger partial charge in [0, 0.05) is 25.2 Å². The highest BCUT2D eigenvalue weighted by atomic mass is 15.2. The number of hydrogen-bond acceptors (Lipinski definition) is 4. The first-order valence-corrected chi connectivity index (χ1v) is 6.16. The SMILES string of the molecule is Cn1cc(CCNc2cc3[nH]ncc3cc2N)cn1. The summed E-state index contributed by atoms with van der Waals surface area (Å²) in [6, 6.07) is 3.91. The summed E-state index contributed by atoms with van der Waals surface area (Å²) in [7, 11) is 1.92. The minimum atomic E-state index is 0.736. The van der Waals surface area contributed by atoms with Gasteiger partial charge in [-0.25, -0.2) is 0 Å². The quantitative estimate of drug-likeness (QED) is 0.618. The molecule has 2 heterocycles. The first kappa shape index (κ1) is 11.6. The van der Waals surface area contributed by atoms with E-state index in [1.54, 1.807) is 10.9 Å². The molecule has 98 valence electrons. The fourth-order valence-electron chi connectivity index (χ4n) is 2.10. The van der Waals surface area contributed by atoms with Gasteiger partial charge in [0.25, 0.3) is 0 Å². The van der Waals surface area contributed by atoms with E-state index in [4.69, 9.17) is 5.73 Å². The van der Waals surface area contributed by atoms with E-state index < -0.39 is 0 Å². The lowest BCUT2D eigenvalue weighted by Gasteiger charge is -2.08. The van der Waals surface area contributed by atoms with Crippen LogP contribution in [0.3, 0.4) is 0 Å². The van der Waals surface area contributed by atoms with Crippen molar-refractivity contribution in [3.63, 3.8) is 0 Å². The molecule has 0 spiro atoms. The van der Waals surface area contributed by atoms with Crippen LogP contribution in [0.2, 0.25) is 0 Å². The molecule has 2 aromatic heterocycles. The molecule has 0 aliphatic carbocycles. The number of aromatic nitrogens is 4. The van der Waals surface area contributed by atoms with Crippen LogP contribution in [0.15, 0.2) is 30.7 Å². The summed E-state index contributed by atoms with van der Waals surface area (Å²) in [6.45, 7) is 0.815. The van der Waals surface area contributed by atoms with Crippen molar-refractivity contribution in [2.75, 3.05) is 17.6 Å². The zero-order chi connectivity index (χ0) is 13.2. The summed E-state index contributed by atoms with van der Waals surface area (Å²) in [6.07, 6.45) is 6.58. The number of nitrogens with one attached hydrogen (secondary N) is 2. The van der Waals surface area contributed by atoms with Crippen LogP contribution in [-0.2, 0) is 13.5 Å². The molecule has 0 aliphatic heterocycles. The van der Waals surface area contributed by atoms with Gasteiger partial charge in [0.05, 0.1) is 29.3 Å². The molecule has 3 rings (SSSR count). The highest BCUT2D eigenvalue weighted by Crippen LogP contribution is 2.24. The molecule has 0 amide bonds. The third-order valence-electron chi connectivity index (χ3n) is 3.10. The maximum Gasteiger partial charge on any atom is 0.0672 e. The standard InChI is InChI=1S/C13H16N6/c1-19-8-9(6-17-19)2-3-15-13-5-12-10(4-11(13)14)7-16-18-12/h4-8,15H,2-3,14H2,1H3,(H,16,18). The highest BCUT2D eigenvalue weighted by Gasteiger charge is 2.03. The van der Waals surface area contributed by atoms with Gasteiger partial charge >= 0.3 is 0 Å². The van der Waals surface area contributed by atoms with Crippen LogP contribution in [-0.4, -0.2) is 26.5 Å². The minimum absolute atomic E-state index is 0.736. The van der Waals surface area contributed by atoms with Crippen molar-refractivity contribution in [2.45, 2.75) is 6.42 Å².